The Kier molecular flexibility index (Phi) is 4.77. The summed E-state index contributed by atoms with van der Waals surface area (Å²) in [6, 6.07) is 5.75. The fourth-order valence-electron chi connectivity index (χ4n) is 2.24. The second-order valence-corrected chi connectivity index (χ2v) is 5.24. The minimum absolute atomic E-state index is 0.0599. The van der Waals surface area contributed by atoms with Gasteiger partial charge in [0.15, 0.2) is 6.61 Å². The van der Waals surface area contributed by atoms with Gasteiger partial charge in [-0.15, -0.1) is 0 Å². The monoisotopic (exact) mass is 294 g/mol. The summed E-state index contributed by atoms with van der Waals surface area (Å²) < 4.78 is 18.2. The number of benzene rings is 1. The average Bonchev–Trinajstić information content (AvgIpc) is 2.44. The van der Waals surface area contributed by atoms with Gasteiger partial charge in [-0.3, -0.25) is 9.59 Å². The number of ether oxygens (including phenoxy) is 1. The molecule has 1 aliphatic rings. The highest BCUT2D eigenvalue weighted by atomic mass is 19.1. The molecule has 0 N–H and O–H groups in total. The van der Waals surface area contributed by atoms with Gasteiger partial charge in [0.25, 0.3) is 5.91 Å². The Morgan fingerprint density at radius 1 is 1.38 bits per heavy atom. The van der Waals surface area contributed by atoms with E-state index in [2.05, 4.69) is 0 Å². The number of hydrogen-bond acceptors (Lipinski definition) is 3. The number of hydrogen-bond donors (Lipinski definition) is 0. The number of amides is 2. The average molecular weight is 294 g/mol. The minimum atomic E-state index is -0.416. The Bertz CT molecular complexity index is 533. The molecule has 0 saturated carbocycles. The van der Waals surface area contributed by atoms with Gasteiger partial charge in [-0.1, -0.05) is 6.07 Å². The number of halogens is 1. The van der Waals surface area contributed by atoms with Crippen molar-refractivity contribution in [3.63, 3.8) is 0 Å². The molecule has 5 nitrogen and oxygen atoms in total. The Balaban J connectivity index is 1.86. The van der Waals surface area contributed by atoms with E-state index in [1.54, 1.807) is 11.0 Å². The van der Waals surface area contributed by atoms with Crippen molar-refractivity contribution < 1.29 is 18.7 Å². The molecule has 114 valence electrons. The molecule has 1 aliphatic heterocycles. The van der Waals surface area contributed by atoms with E-state index in [0.717, 1.165) is 0 Å². The zero-order valence-electron chi connectivity index (χ0n) is 12.2. The number of carbonyl (C=O) groups excluding carboxylic acids is 2. The number of nitrogens with zero attached hydrogens (tertiary/aromatic N) is 2. The van der Waals surface area contributed by atoms with Crippen molar-refractivity contribution in [3.8, 4) is 5.75 Å². The van der Waals surface area contributed by atoms with Crippen molar-refractivity contribution >= 4 is 11.8 Å². The predicted octanol–water partition coefficient (Wildman–Crippen LogP) is 1.28. The van der Waals surface area contributed by atoms with Gasteiger partial charge in [0.05, 0.1) is 6.54 Å². The maximum absolute atomic E-state index is 13.0. The first-order valence-electron chi connectivity index (χ1n) is 6.93. The summed E-state index contributed by atoms with van der Waals surface area (Å²) in [5.41, 5.74) is 0. The van der Waals surface area contributed by atoms with Crippen molar-refractivity contribution in [2.75, 3.05) is 26.2 Å². The molecule has 0 aliphatic carbocycles. The Morgan fingerprint density at radius 3 is 2.76 bits per heavy atom. The maximum Gasteiger partial charge on any atom is 0.261 e. The van der Waals surface area contributed by atoms with E-state index >= 15 is 0 Å². The van der Waals surface area contributed by atoms with Crippen LogP contribution < -0.4 is 4.74 Å². The molecule has 1 fully saturated rings. The van der Waals surface area contributed by atoms with E-state index in [-0.39, 0.29) is 31.0 Å². The molecular weight excluding hydrogens is 275 g/mol. The molecule has 6 heteroatoms. The zero-order chi connectivity index (χ0) is 15.4. The molecule has 0 unspecified atom stereocenters. The van der Waals surface area contributed by atoms with Crippen LogP contribution in [0.3, 0.4) is 0 Å². The summed E-state index contributed by atoms with van der Waals surface area (Å²) in [4.78, 5) is 27.1. The van der Waals surface area contributed by atoms with E-state index < -0.39 is 5.82 Å². The topological polar surface area (TPSA) is 49.9 Å². The van der Waals surface area contributed by atoms with Crippen LogP contribution in [-0.2, 0) is 9.59 Å². The lowest BCUT2D eigenvalue weighted by Crippen LogP contribution is -2.55. The van der Waals surface area contributed by atoms with Gasteiger partial charge in [-0.05, 0) is 26.0 Å². The highest BCUT2D eigenvalue weighted by Gasteiger charge is 2.28. The first-order valence-corrected chi connectivity index (χ1v) is 6.93. The smallest absolute Gasteiger partial charge is 0.261 e. The number of piperazine rings is 1. The van der Waals surface area contributed by atoms with Crippen LogP contribution in [0.2, 0.25) is 0 Å². The van der Waals surface area contributed by atoms with Gasteiger partial charge in [0, 0.05) is 25.2 Å². The molecule has 2 rings (SSSR count). The van der Waals surface area contributed by atoms with Crippen LogP contribution in [0.1, 0.15) is 13.8 Å². The molecule has 1 aromatic rings. The lowest BCUT2D eigenvalue weighted by molar-refractivity contribution is -0.147. The third kappa shape index (κ3) is 3.93. The highest BCUT2D eigenvalue weighted by Crippen LogP contribution is 2.13. The fourth-order valence-corrected chi connectivity index (χ4v) is 2.24. The Morgan fingerprint density at radius 2 is 2.14 bits per heavy atom. The molecule has 0 bridgehead atoms. The summed E-state index contributed by atoms with van der Waals surface area (Å²) >= 11 is 0. The largest absolute Gasteiger partial charge is 0.484 e. The normalized spacial score (nSPS) is 15.5. The van der Waals surface area contributed by atoms with Crippen molar-refractivity contribution in [2.45, 2.75) is 19.9 Å². The van der Waals surface area contributed by atoms with Crippen LogP contribution in [0.5, 0.6) is 5.75 Å². The molecule has 1 aromatic carbocycles. The van der Waals surface area contributed by atoms with Crippen molar-refractivity contribution in [1.29, 1.82) is 0 Å². The van der Waals surface area contributed by atoms with E-state index in [9.17, 15) is 14.0 Å². The molecule has 0 radical (unpaired) electrons. The first kappa shape index (κ1) is 15.3. The van der Waals surface area contributed by atoms with Gasteiger partial charge in [-0.25, -0.2) is 4.39 Å². The second-order valence-electron chi connectivity index (χ2n) is 5.24. The first-order chi connectivity index (χ1) is 9.97. The zero-order valence-corrected chi connectivity index (χ0v) is 12.2. The maximum atomic E-state index is 13.0. The third-order valence-electron chi connectivity index (χ3n) is 3.39. The SMILES string of the molecule is CC(C)N1CCN(C(=O)COc2cccc(F)c2)CC1=O. The van der Waals surface area contributed by atoms with Crippen LogP contribution in [-0.4, -0.2) is 53.9 Å². The molecule has 1 saturated heterocycles. The Labute approximate surface area is 123 Å². The van der Waals surface area contributed by atoms with Gasteiger partial charge in [0.1, 0.15) is 11.6 Å². The lowest BCUT2D eigenvalue weighted by Gasteiger charge is -2.36. The second kappa shape index (κ2) is 6.56. The number of carbonyl (C=O) groups is 2. The van der Waals surface area contributed by atoms with Crippen LogP contribution in [0.15, 0.2) is 24.3 Å². The van der Waals surface area contributed by atoms with Crippen LogP contribution in [0, 0.1) is 5.82 Å². The molecule has 0 spiro atoms. The molecule has 21 heavy (non-hydrogen) atoms. The van der Waals surface area contributed by atoms with Crippen LogP contribution >= 0.6 is 0 Å². The lowest BCUT2D eigenvalue weighted by atomic mass is 10.2. The van der Waals surface area contributed by atoms with E-state index in [0.29, 0.717) is 18.8 Å². The van der Waals surface area contributed by atoms with Gasteiger partial charge >= 0.3 is 0 Å². The minimum Gasteiger partial charge on any atom is -0.484 e. The molecular formula is C15H19FN2O3. The van der Waals surface area contributed by atoms with E-state index in [4.69, 9.17) is 4.74 Å². The summed E-state index contributed by atoms with van der Waals surface area (Å²) in [6.45, 7) is 4.80. The van der Waals surface area contributed by atoms with Crippen LogP contribution in [0.25, 0.3) is 0 Å². The number of rotatable bonds is 4. The summed E-state index contributed by atoms with van der Waals surface area (Å²) in [5, 5.41) is 0. The molecule has 2 amide bonds. The van der Waals surface area contributed by atoms with Crippen molar-refractivity contribution in [1.82, 2.24) is 9.80 Å². The van der Waals surface area contributed by atoms with Crippen molar-refractivity contribution in [3.05, 3.63) is 30.1 Å². The third-order valence-corrected chi connectivity index (χ3v) is 3.39. The van der Waals surface area contributed by atoms with Gasteiger partial charge in [0.2, 0.25) is 5.91 Å². The van der Waals surface area contributed by atoms with E-state index in [1.165, 1.54) is 23.1 Å². The Hall–Kier alpha value is -2.11. The summed E-state index contributed by atoms with van der Waals surface area (Å²) in [6.07, 6.45) is 0. The fraction of sp³-hybridized carbons (Fsp3) is 0.467. The molecule has 0 atom stereocenters. The molecule has 1 heterocycles. The summed E-state index contributed by atoms with van der Waals surface area (Å²) in [7, 11) is 0. The van der Waals surface area contributed by atoms with Gasteiger partial charge in [-0.2, -0.15) is 0 Å². The van der Waals surface area contributed by atoms with E-state index in [1.807, 2.05) is 13.8 Å². The van der Waals surface area contributed by atoms with Crippen molar-refractivity contribution in [2.24, 2.45) is 0 Å². The quantitative estimate of drug-likeness (QED) is 0.840. The standard InChI is InChI=1S/C15H19FN2O3/c1-11(2)18-7-6-17(9-14(18)19)15(20)10-21-13-5-3-4-12(16)8-13/h3-5,8,11H,6-7,9-10H2,1-2H3. The molecule has 0 aromatic heterocycles. The predicted molar refractivity (Wildman–Crippen MR) is 75.3 cm³/mol. The summed E-state index contributed by atoms with van der Waals surface area (Å²) in [5.74, 6) is -0.442. The van der Waals surface area contributed by atoms with Gasteiger partial charge < -0.3 is 14.5 Å². The van der Waals surface area contributed by atoms with Crippen LogP contribution in [0.4, 0.5) is 4.39 Å². The highest BCUT2D eigenvalue weighted by molar-refractivity contribution is 5.86.